The molecule has 1 saturated heterocycles. The minimum atomic E-state index is -0.315. The van der Waals surface area contributed by atoms with Crippen LogP contribution in [0.2, 0.25) is 0 Å². The Kier molecular flexibility index (Phi) is 3.64. The molecule has 4 heteroatoms. The molecule has 4 nitrogen and oxygen atoms in total. The third kappa shape index (κ3) is 2.38. The molecule has 1 aliphatic heterocycles. The van der Waals surface area contributed by atoms with Crippen LogP contribution in [0.1, 0.15) is 47.0 Å². The van der Waals surface area contributed by atoms with Crippen molar-refractivity contribution >= 4 is 11.8 Å². The molecule has 1 N–H and O–H groups in total. The smallest absolute Gasteiger partial charge is 0.246 e. The van der Waals surface area contributed by atoms with E-state index in [0.717, 1.165) is 19.3 Å². The fraction of sp³-hybridized carbons (Fsp3) is 0.857. The van der Waals surface area contributed by atoms with Gasteiger partial charge in [-0.05, 0) is 38.0 Å². The summed E-state index contributed by atoms with van der Waals surface area (Å²) in [5.41, 5.74) is 0. The summed E-state index contributed by atoms with van der Waals surface area (Å²) in [5.74, 6) is 1.21. The second-order valence-electron chi connectivity index (χ2n) is 6.34. The minimum Gasteiger partial charge on any atom is -0.343 e. The lowest BCUT2D eigenvalue weighted by molar-refractivity contribution is -0.155. The van der Waals surface area contributed by atoms with Crippen LogP contribution in [-0.4, -0.2) is 34.8 Å². The van der Waals surface area contributed by atoms with Gasteiger partial charge in [0.2, 0.25) is 11.8 Å². The highest BCUT2D eigenvalue weighted by molar-refractivity contribution is 5.97. The van der Waals surface area contributed by atoms with Gasteiger partial charge in [-0.3, -0.25) is 9.59 Å². The fourth-order valence-corrected chi connectivity index (χ4v) is 3.07. The van der Waals surface area contributed by atoms with Crippen LogP contribution in [0, 0.1) is 11.8 Å². The summed E-state index contributed by atoms with van der Waals surface area (Å²) >= 11 is 0. The van der Waals surface area contributed by atoms with Gasteiger partial charge < -0.3 is 10.2 Å². The molecule has 0 bridgehead atoms. The monoisotopic (exact) mass is 252 g/mol. The Morgan fingerprint density at radius 2 is 1.89 bits per heavy atom. The minimum absolute atomic E-state index is 0.000182. The normalized spacial score (nSPS) is 36.6. The quantitative estimate of drug-likeness (QED) is 0.828. The molecule has 18 heavy (non-hydrogen) atoms. The van der Waals surface area contributed by atoms with Crippen LogP contribution < -0.4 is 5.32 Å². The SMILES string of the molecule is CC(C)CC1NC(=O)C(C)N(C2CC(C)C2)C1=O. The summed E-state index contributed by atoms with van der Waals surface area (Å²) in [6.07, 6.45) is 2.81. The first kappa shape index (κ1) is 13.4. The molecule has 0 spiro atoms. The van der Waals surface area contributed by atoms with E-state index in [2.05, 4.69) is 26.1 Å². The Hall–Kier alpha value is -1.06. The number of piperazine rings is 1. The highest BCUT2D eigenvalue weighted by atomic mass is 16.2. The van der Waals surface area contributed by atoms with Gasteiger partial charge in [-0.25, -0.2) is 0 Å². The third-order valence-corrected chi connectivity index (χ3v) is 4.12. The van der Waals surface area contributed by atoms with Crippen molar-refractivity contribution in [2.24, 2.45) is 11.8 Å². The zero-order valence-electron chi connectivity index (χ0n) is 11.8. The van der Waals surface area contributed by atoms with E-state index in [1.807, 2.05) is 11.8 Å². The van der Waals surface area contributed by atoms with Gasteiger partial charge in [0, 0.05) is 6.04 Å². The van der Waals surface area contributed by atoms with Gasteiger partial charge in [0.05, 0.1) is 0 Å². The van der Waals surface area contributed by atoms with Gasteiger partial charge in [0.1, 0.15) is 12.1 Å². The standard InChI is InChI=1S/C14H24N2O2/c1-8(2)5-12-14(18)16(10(4)13(17)15-12)11-6-9(3)7-11/h8-12H,5-7H2,1-4H3,(H,15,17). The molecule has 2 atom stereocenters. The molecule has 0 aromatic heterocycles. The Balaban J connectivity index is 2.10. The van der Waals surface area contributed by atoms with E-state index in [9.17, 15) is 9.59 Å². The molecule has 1 heterocycles. The molecular weight excluding hydrogens is 228 g/mol. The van der Waals surface area contributed by atoms with E-state index >= 15 is 0 Å². The molecule has 0 aromatic carbocycles. The first-order valence-corrected chi connectivity index (χ1v) is 7.02. The fourth-order valence-electron chi connectivity index (χ4n) is 3.07. The van der Waals surface area contributed by atoms with Gasteiger partial charge in [-0.15, -0.1) is 0 Å². The number of nitrogens with one attached hydrogen (secondary N) is 1. The summed E-state index contributed by atoms with van der Waals surface area (Å²) in [5, 5.41) is 2.86. The summed E-state index contributed by atoms with van der Waals surface area (Å²) in [6.45, 7) is 8.18. The summed E-state index contributed by atoms with van der Waals surface area (Å²) < 4.78 is 0. The van der Waals surface area contributed by atoms with E-state index < -0.39 is 0 Å². The van der Waals surface area contributed by atoms with Crippen LogP contribution >= 0.6 is 0 Å². The maximum atomic E-state index is 12.5. The lowest BCUT2D eigenvalue weighted by atomic mass is 9.79. The number of carbonyl (C=O) groups is 2. The Morgan fingerprint density at radius 1 is 1.28 bits per heavy atom. The van der Waals surface area contributed by atoms with Gasteiger partial charge in [-0.1, -0.05) is 20.8 Å². The van der Waals surface area contributed by atoms with Crippen molar-refractivity contribution in [1.29, 1.82) is 0 Å². The average Bonchev–Trinajstić information content (AvgIpc) is 2.23. The molecule has 1 saturated carbocycles. The van der Waals surface area contributed by atoms with Gasteiger partial charge in [0.15, 0.2) is 0 Å². The largest absolute Gasteiger partial charge is 0.343 e. The number of amides is 2. The number of rotatable bonds is 3. The zero-order valence-corrected chi connectivity index (χ0v) is 11.8. The maximum absolute atomic E-state index is 12.5. The van der Waals surface area contributed by atoms with Crippen molar-refractivity contribution in [3.05, 3.63) is 0 Å². The van der Waals surface area contributed by atoms with Crippen LogP contribution in [0.3, 0.4) is 0 Å². The second kappa shape index (κ2) is 4.90. The first-order chi connectivity index (χ1) is 8.40. The number of hydrogen-bond donors (Lipinski definition) is 1. The van der Waals surface area contributed by atoms with Crippen LogP contribution in [0.5, 0.6) is 0 Å². The van der Waals surface area contributed by atoms with Crippen molar-refractivity contribution in [3.8, 4) is 0 Å². The van der Waals surface area contributed by atoms with Crippen molar-refractivity contribution in [1.82, 2.24) is 10.2 Å². The lowest BCUT2D eigenvalue weighted by Crippen LogP contribution is -2.66. The zero-order chi connectivity index (χ0) is 13.4. The second-order valence-corrected chi connectivity index (χ2v) is 6.34. The van der Waals surface area contributed by atoms with Crippen molar-refractivity contribution in [2.45, 2.75) is 65.1 Å². The highest BCUT2D eigenvalue weighted by Gasteiger charge is 2.44. The summed E-state index contributed by atoms with van der Waals surface area (Å²) in [6, 6.07) is -0.341. The molecule has 2 aliphatic rings. The Labute approximate surface area is 109 Å². The van der Waals surface area contributed by atoms with Crippen LogP contribution in [0.25, 0.3) is 0 Å². The van der Waals surface area contributed by atoms with E-state index in [1.165, 1.54) is 0 Å². The molecule has 2 amide bonds. The summed E-state index contributed by atoms with van der Waals surface area (Å²) in [4.78, 5) is 26.3. The maximum Gasteiger partial charge on any atom is 0.246 e. The topological polar surface area (TPSA) is 49.4 Å². The predicted molar refractivity (Wildman–Crippen MR) is 69.9 cm³/mol. The Bertz CT molecular complexity index is 348. The average molecular weight is 252 g/mol. The number of carbonyl (C=O) groups excluding carboxylic acids is 2. The molecule has 2 unspecified atom stereocenters. The van der Waals surface area contributed by atoms with Crippen molar-refractivity contribution < 1.29 is 9.59 Å². The molecule has 0 radical (unpaired) electrons. The van der Waals surface area contributed by atoms with E-state index in [4.69, 9.17) is 0 Å². The molecule has 1 aliphatic carbocycles. The van der Waals surface area contributed by atoms with Crippen molar-refractivity contribution in [2.75, 3.05) is 0 Å². The molecule has 2 fully saturated rings. The molecule has 2 rings (SSSR count). The van der Waals surface area contributed by atoms with E-state index in [1.54, 1.807) is 0 Å². The number of nitrogens with zero attached hydrogens (tertiary/aromatic N) is 1. The van der Waals surface area contributed by atoms with Crippen LogP contribution in [-0.2, 0) is 9.59 Å². The lowest BCUT2D eigenvalue weighted by Gasteiger charge is -2.48. The van der Waals surface area contributed by atoms with Crippen LogP contribution in [0.15, 0.2) is 0 Å². The molecule has 102 valence electrons. The van der Waals surface area contributed by atoms with Gasteiger partial charge in [0.25, 0.3) is 0 Å². The van der Waals surface area contributed by atoms with E-state index in [0.29, 0.717) is 11.8 Å². The molecular formula is C14H24N2O2. The summed E-state index contributed by atoms with van der Waals surface area (Å²) in [7, 11) is 0. The number of hydrogen-bond acceptors (Lipinski definition) is 2. The first-order valence-electron chi connectivity index (χ1n) is 7.02. The van der Waals surface area contributed by atoms with Crippen molar-refractivity contribution in [3.63, 3.8) is 0 Å². The molecule has 0 aromatic rings. The van der Waals surface area contributed by atoms with E-state index in [-0.39, 0.29) is 29.9 Å². The predicted octanol–water partition coefficient (Wildman–Crippen LogP) is 1.55. The highest BCUT2D eigenvalue weighted by Crippen LogP contribution is 2.34. The third-order valence-electron chi connectivity index (χ3n) is 4.12. The van der Waals surface area contributed by atoms with Crippen LogP contribution in [0.4, 0.5) is 0 Å². The van der Waals surface area contributed by atoms with Gasteiger partial charge in [-0.2, -0.15) is 0 Å². The Morgan fingerprint density at radius 3 is 2.39 bits per heavy atom. The van der Waals surface area contributed by atoms with Gasteiger partial charge >= 0.3 is 0 Å².